The number of rotatable bonds is 4. The second kappa shape index (κ2) is 6.64. The predicted molar refractivity (Wildman–Crippen MR) is 101 cm³/mol. The van der Waals surface area contributed by atoms with Crippen LogP contribution in [-0.2, 0) is 13.0 Å². The summed E-state index contributed by atoms with van der Waals surface area (Å²) in [6, 6.07) is 17.4. The highest BCUT2D eigenvalue weighted by molar-refractivity contribution is 5.99. The zero-order chi connectivity index (χ0) is 18.1. The summed E-state index contributed by atoms with van der Waals surface area (Å²) in [6.45, 7) is 0.675. The van der Waals surface area contributed by atoms with Gasteiger partial charge in [0.25, 0.3) is 0 Å². The van der Waals surface area contributed by atoms with Crippen LogP contribution in [0.25, 0.3) is 11.1 Å². The molecule has 1 aliphatic rings. The number of Topliss-reactive ketones (excluding diaryl/α,β-unsaturated/α-hetero) is 1. The zero-order valence-corrected chi connectivity index (χ0v) is 14.4. The van der Waals surface area contributed by atoms with Crippen LogP contribution in [0.1, 0.15) is 44.8 Å². The van der Waals surface area contributed by atoms with Crippen molar-refractivity contribution < 1.29 is 9.59 Å². The molecule has 0 aliphatic heterocycles. The molecule has 0 saturated heterocycles. The van der Waals surface area contributed by atoms with Gasteiger partial charge in [-0.1, -0.05) is 42.5 Å². The maximum atomic E-state index is 12.6. The van der Waals surface area contributed by atoms with E-state index in [2.05, 4.69) is 22.9 Å². The van der Waals surface area contributed by atoms with E-state index in [1.54, 1.807) is 12.1 Å². The van der Waals surface area contributed by atoms with Gasteiger partial charge in [0.2, 0.25) is 5.91 Å². The minimum Gasteiger partial charge on any atom is -0.366 e. The highest BCUT2D eigenvalue weighted by atomic mass is 16.1. The van der Waals surface area contributed by atoms with Gasteiger partial charge in [0, 0.05) is 30.3 Å². The Bertz CT molecular complexity index is 969. The molecular formula is C22H20N2O2. The number of benzene rings is 2. The van der Waals surface area contributed by atoms with Crippen LogP contribution in [0.2, 0.25) is 0 Å². The smallest absolute Gasteiger partial charge is 0.248 e. The van der Waals surface area contributed by atoms with Crippen molar-refractivity contribution in [2.45, 2.75) is 25.8 Å². The number of carbonyl (C=O) groups is 2. The molecule has 0 radical (unpaired) electrons. The Balaban J connectivity index is 1.79. The summed E-state index contributed by atoms with van der Waals surface area (Å²) >= 11 is 0. The Hall–Kier alpha value is -3.14. The maximum absolute atomic E-state index is 12.6. The number of nitrogens with zero attached hydrogens (tertiary/aromatic N) is 1. The van der Waals surface area contributed by atoms with Crippen LogP contribution in [0.3, 0.4) is 0 Å². The van der Waals surface area contributed by atoms with E-state index < -0.39 is 5.91 Å². The number of hydrogen-bond donors (Lipinski definition) is 1. The van der Waals surface area contributed by atoms with E-state index in [1.807, 2.05) is 30.3 Å². The van der Waals surface area contributed by atoms with Gasteiger partial charge in [-0.2, -0.15) is 0 Å². The summed E-state index contributed by atoms with van der Waals surface area (Å²) in [5.74, 6) is -0.224. The molecule has 2 N–H and O–H groups in total. The lowest BCUT2D eigenvalue weighted by Gasteiger charge is -2.15. The average Bonchev–Trinajstić information content (AvgIpc) is 3.02. The first-order chi connectivity index (χ1) is 12.6. The summed E-state index contributed by atoms with van der Waals surface area (Å²) in [4.78, 5) is 23.9. The van der Waals surface area contributed by atoms with Crippen molar-refractivity contribution >= 4 is 11.7 Å². The number of hydrogen-bond acceptors (Lipinski definition) is 2. The van der Waals surface area contributed by atoms with E-state index in [9.17, 15) is 9.59 Å². The SMILES string of the molecule is NC(=O)c1ccc(-c2cn(Cc3ccccc3)c3c2CCCC3=O)cc1. The molecule has 26 heavy (non-hydrogen) atoms. The van der Waals surface area contributed by atoms with Gasteiger partial charge >= 0.3 is 0 Å². The van der Waals surface area contributed by atoms with Crippen molar-refractivity contribution in [1.82, 2.24) is 4.57 Å². The van der Waals surface area contributed by atoms with Crippen LogP contribution < -0.4 is 5.73 Å². The van der Waals surface area contributed by atoms with Crippen molar-refractivity contribution in [3.05, 3.63) is 83.2 Å². The first-order valence-electron chi connectivity index (χ1n) is 8.83. The van der Waals surface area contributed by atoms with Crippen molar-refractivity contribution in [3.63, 3.8) is 0 Å². The number of fused-ring (bicyclic) bond motifs is 1. The van der Waals surface area contributed by atoms with Crippen molar-refractivity contribution in [1.29, 1.82) is 0 Å². The first kappa shape index (κ1) is 16.3. The van der Waals surface area contributed by atoms with Gasteiger partial charge in [-0.15, -0.1) is 0 Å². The second-order valence-electron chi connectivity index (χ2n) is 6.70. The lowest BCUT2D eigenvalue weighted by molar-refractivity contribution is 0.0962. The Morgan fingerprint density at radius 2 is 1.73 bits per heavy atom. The predicted octanol–water partition coefficient (Wildman–Crippen LogP) is 3.82. The first-order valence-corrected chi connectivity index (χ1v) is 8.83. The molecule has 0 bridgehead atoms. The van der Waals surface area contributed by atoms with Crippen LogP contribution in [0.15, 0.2) is 60.8 Å². The third kappa shape index (κ3) is 2.94. The maximum Gasteiger partial charge on any atom is 0.248 e. The minimum atomic E-state index is -0.435. The number of nitrogens with two attached hydrogens (primary N) is 1. The average molecular weight is 344 g/mol. The monoisotopic (exact) mass is 344 g/mol. The summed E-state index contributed by atoms with van der Waals surface area (Å²) < 4.78 is 2.07. The topological polar surface area (TPSA) is 65.1 Å². The molecule has 0 atom stereocenters. The molecule has 4 heteroatoms. The number of primary amides is 1. The highest BCUT2D eigenvalue weighted by Crippen LogP contribution is 2.34. The lowest BCUT2D eigenvalue weighted by atomic mass is 9.91. The molecule has 0 saturated carbocycles. The molecule has 4 nitrogen and oxygen atoms in total. The Kier molecular flexibility index (Phi) is 4.17. The van der Waals surface area contributed by atoms with Crippen LogP contribution >= 0.6 is 0 Å². The number of aromatic nitrogens is 1. The van der Waals surface area contributed by atoms with Gasteiger partial charge in [-0.3, -0.25) is 9.59 Å². The van der Waals surface area contributed by atoms with Crippen LogP contribution in [0, 0.1) is 0 Å². The highest BCUT2D eigenvalue weighted by Gasteiger charge is 2.25. The van der Waals surface area contributed by atoms with Crippen LogP contribution in [-0.4, -0.2) is 16.3 Å². The van der Waals surface area contributed by atoms with E-state index in [1.165, 1.54) is 5.56 Å². The standard InChI is InChI=1S/C22H20N2O2/c23-22(26)17-11-9-16(10-12-17)19-14-24(13-15-5-2-1-3-6-15)21-18(19)7-4-8-20(21)25/h1-3,5-6,9-12,14H,4,7-8,13H2,(H2,23,26). The molecule has 0 unspecified atom stereocenters. The molecular weight excluding hydrogens is 324 g/mol. The fraction of sp³-hybridized carbons (Fsp3) is 0.182. The molecule has 1 heterocycles. The number of ketones is 1. The van der Waals surface area contributed by atoms with Gasteiger partial charge in [-0.25, -0.2) is 0 Å². The molecule has 3 aromatic rings. The van der Waals surface area contributed by atoms with Gasteiger partial charge in [0.1, 0.15) is 0 Å². The molecule has 1 aromatic heterocycles. The Morgan fingerprint density at radius 3 is 2.42 bits per heavy atom. The van der Waals surface area contributed by atoms with Gasteiger partial charge in [0.15, 0.2) is 5.78 Å². The second-order valence-corrected chi connectivity index (χ2v) is 6.70. The van der Waals surface area contributed by atoms with E-state index in [0.29, 0.717) is 18.5 Å². The summed E-state index contributed by atoms with van der Waals surface area (Å²) in [5.41, 5.74) is 11.0. The van der Waals surface area contributed by atoms with E-state index in [4.69, 9.17) is 5.73 Å². The van der Waals surface area contributed by atoms with Crippen LogP contribution in [0.4, 0.5) is 0 Å². The third-order valence-electron chi connectivity index (χ3n) is 4.95. The molecule has 4 rings (SSSR count). The largest absolute Gasteiger partial charge is 0.366 e. The van der Waals surface area contributed by atoms with E-state index >= 15 is 0 Å². The number of carbonyl (C=O) groups excluding carboxylic acids is 2. The lowest BCUT2D eigenvalue weighted by Crippen LogP contribution is -2.15. The molecule has 1 aliphatic carbocycles. The quantitative estimate of drug-likeness (QED) is 0.782. The summed E-state index contributed by atoms with van der Waals surface area (Å²) in [5, 5.41) is 0. The molecule has 0 spiro atoms. The van der Waals surface area contributed by atoms with Crippen molar-refractivity contribution in [2.75, 3.05) is 0 Å². The van der Waals surface area contributed by atoms with Crippen LogP contribution in [0.5, 0.6) is 0 Å². The molecule has 0 fully saturated rings. The van der Waals surface area contributed by atoms with E-state index in [0.717, 1.165) is 35.2 Å². The third-order valence-corrected chi connectivity index (χ3v) is 4.95. The molecule has 130 valence electrons. The van der Waals surface area contributed by atoms with Crippen molar-refractivity contribution in [2.24, 2.45) is 5.73 Å². The Labute approximate surface area is 152 Å². The fourth-order valence-electron chi connectivity index (χ4n) is 3.69. The fourth-order valence-corrected chi connectivity index (χ4v) is 3.69. The van der Waals surface area contributed by atoms with Gasteiger partial charge < -0.3 is 10.3 Å². The molecule has 2 aromatic carbocycles. The zero-order valence-electron chi connectivity index (χ0n) is 14.4. The summed E-state index contributed by atoms with van der Waals surface area (Å²) in [6.07, 6.45) is 4.45. The van der Waals surface area contributed by atoms with Gasteiger partial charge in [-0.05, 0) is 41.7 Å². The number of amides is 1. The normalized spacial score (nSPS) is 13.5. The Morgan fingerprint density at radius 1 is 1.00 bits per heavy atom. The molecule has 1 amide bonds. The summed E-state index contributed by atoms with van der Waals surface area (Å²) in [7, 11) is 0. The minimum absolute atomic E-state index is 0.210. The van der Waals surface area contributed by atoms with Crippen molar-refractivity contribution in [3.8, 4) is 11.1 Å². The van der Waals surface area contributed by atoms with Gasteiger partial charge in [0.05, 0.1) is 5.69 Å². The van der Waals surface area contributed by atoms with E-state index in [-0.39, 0.29) is 5.78 Å².